The second kappa shape index (κ2) is 11.1. The summed E-state index contributed by atoms with van der Waals surface area (Å²) in [5.74, 6) is -3.99. The minimum absolute atomic E-state index is 0.0394. The number of nitrogens with two attached hydrogens (primary N) is 1. The Morgan fingerprint density at radius 1 is 1.03 bits per heavy atom. The van der Waals surface area contributed by atoms with Crippen LogP contribution in [-0.4, -0.2) is 54.7 Å². The number of imidazole rings is 1. The summed E-state index contributed by atoms with van der Waals surface area (Å²) in [6.07, 6.45) is -3.85. The Morgan fingerprint density at radius 2 is 1.77 bits per heavy atom. The molecule has 15 heteroatoms. The molecule has 39 heavy (non-hydrogen) atoms. The largest absolute Gasteiger partial charge is 0.387 e. The van der Waals surface area contributed by atoms with Gasteiger partial charge in [-0.25, -0.2) is 28.1 Å². The van der Waals surface area contributed by atoms with Crippen LogP contribution in [-0.2, 0) is 22.6 Å². The summed E-state index contributed by atoms with van der Waals surface area (Å²) in [4.78, 5) is 12.6. The predicted molar refractivity (Wildman–Crippen MR) is 135 cm³/mol. The fourth-order valence-electron chi connectivity index (χ4n) is 4.19. The highest BCUT2D eigenvalue weighted by Crippen LogP contribution is 2.35. The molecule has 206 valence electrons. The summed E-state index contributed by atoms with van der Waals surface area (Å²) >= 11 is 12.1. The number of halogens is 5. The minimum Gasteiger partial charge on any atom is -0.387 e. The van der Waals surface area contributed by atoms with Crippen molar-refractivity contribution in [3.8, 4) is 0 Å². The van der Waals surface area contributed by atoms with Gasteiger partial charge in [0.25, 0.3) is 0 Å². The first-order chi connectivity index (χ1) is 18.6. The van der Waals surface area contributed by atoms with Crippen LogP contribution in [0.25, 0.3) is 11.2 Å². The highest BCUT2D eigenvalue weighted by molar-refractivity contribution is 6.42. The summed E-state index contributed by atoms with van der Waals surface area (Å²) < 4.78 is 52.9. The highest BCUT2D eigenvalue weighted by atomic mass is 35.5. The molecule has 0 amide bonds. The van der Waals surface area contributed by atoms with Crippen LogP contribution >= 0.6 is 23.2 Å². The van der Waals surface area contributed by atoms with Crippen LogP contribution < -0.4 is 11.1 Å². The molecule has 0 radical (unpaired) electrons. The van der Waals surface area contributed by atoms with Gasteiger partial charge in [0.05, 0.1) is 23.3 Å². The number of nitrogen functional groups attached to an aromatic ring is 1. The van der Waals surface area contributed by atoms with Crippen molar-refractivity contribution in [2.75, 3.05) is 17.7 Å². The molecule has 2 aromatic carbocycles. The Bertz CT molecular complexity index is 1500. The van der Waals surface area contributed by atoms with Crippen molar-refractivity contribution < 1.29 is 32.9 Å². The number of nitrogens with one attached hydrogen (secondary N) is 1. The SMILES string of the molecule is Nc1ncnc2c1nc(NCc1ccc(Cl)c(Cl)c1)n2[C@@H]1O[C@H](COCc2cc(F)c(F)c(F)c2)[C@@H](O)[C@H]1O. The third kappa shape index (κ3) is 5.46. The van der Waals surface area contributed by atoms with Gasteiger partial charge in [0, 0.05) is 6.54 Å². The monoisotopic (exact) mass is 584 g/mol. The molecule has 5 rings (SSSR count). The Kier molecular flexibility index (Phi) is 7.80. The van der Waals surface area contributed by atoms with E-state index in [0.717, 1.165) is 17.7 Å². The number of aromatic nitrogens is 4. The zero-order valence-electron chi connectivity index (χ0n) is 19.9. The smallest absolute Gasteiger partial charge is 0.207 e. The number of hydrogen-bond acceptors (Lipinski definition) is 9. The van der Waals surface area contributed by atoms with Gasteiger partial charge in [-0.15, -0.1) is 0 Å². The number of fused-ring (bicyclic) bond motifs is 1. The molecule has 10 nitrogen and oxygen atoms in total. The first-order valence-corrected chi connectivity index (χ1v) is 12.3. The standard InChI is InChI=1S/C24H21Cl2F3N6O4/c25-12-2-1-10(3-13(12)26)6-31-24-34-18-21(30)32-9-33-22(18)35(24)23-20(37)19(36)16(39-23)8-38-7-11-4-14(27)17(29)15(28)5-11/h1-5,9,16,19-20,23,36-37H,6-8H2,(H,31,34)(H2,30,32,33)/t16-,19-,20-,23-/m1/s1. The van der Waals surface area contributed by atoms with E-state index < -0.39 is 42.0 Å². The molecule has 2 aromatic heterocycles. The van der Waals surface area contributed by atoms with Gasteiger partial charge in [-0.1, -0.05) is 29.3 Å². The van der Waals surface area contributed by atoms with Crippen molar-refractivity contribution in [3.05, 3.63) is 75.3 Å². The van der Waals surface area contributed by atoms with Crippen LogP contribution in [0.5, 0.6) is 0 Å². The number of rotatable bonds is 8. The molecule has 0 spiro atoms. The summed E-state index contributed by atoms with van der Waals surface area (Å²) in [5.41, 5.74) is 7.26. The Balaban J connectivity index is 1.36. The van der Waals surface area contributed by atoms with E-state index in [1.807, 2.05) is 0 Å². The van der Waals surface area contributed by atoms with Crippen molar-refractivity contribution in [2.24, 2.45) is 0 Å². The molecule has 4 aromatic rings. The maximum atomic E-state index is 13.5. The highest BCUT2D eigenvalue weighted by Gasteiger charge is 2.45. The first-order valence-electron chi connectivity index (χ1n) is 11.5. The zero-order valence-corrected chi connectivity index (χ0v) is 21.4. The lowest BCUT2D eigenvalue weighted by Crippen LogP contribution is -2.34. The molecule has 0 bridgehead atoms. The topological polar surface area (TPSA) is 141 Å². The van der Waals surface area contributed by atoms with E-state index in [4.69, 9.17) is 38.4 Å². The van der Waals surface area contributed by atoms with E-state index in [9.17, 15) is 23.4 Å². The fourth-order valence-corrected chi connectivity index (χ4v) is 4.51. The molecule has 1 saturated heterocycles. The minimum atomic E-state index is -1.58. The van der Waals surface area contributed by atoms with Gasteiger partial charge in [0.15, 0.2) is 40.7 Å². The Hall–Kier alpha value is -3.20. The van der Waals surface area contributed by atoms with E-state index >= 15 is 0 Å². The van der Waals surface area contributed by atoms with Crippen molar-refractivity contribution in [1.82, 2.24) is 19.5 Å². The average Bonchev–Trinajstić information content (AvgIpc) is 3.41. The number of aliphatic hydroxyl groups excluding tert-OH is 2. The lowest BCUT2D eigenvalue weighted by molar-refractivity contribution is -0.0676. The molecular formula is C24H21Cl2F3N6O4. The second-order valence-electron chi connectivity index (χ2n) is 8.77. The number of aliphatic hydroxyl groups is 2. The molecule has 0 aliphatic carbocycles. The Morgan fingerprint density at radius 3 is 2.49 bits per heavy atom. The number of benzene rings is 2. The normalized spacial score (nSPS) is 21.1. The van der Waals surface area contributed by atoms with Gasteiger partial charge in [-0.05, 0) is 35.4 Å². The van der Waals surface area contributed by atoms with Crippen molar-refractivity contribution in [2.45, 2.75) is 37.7 Å². The van der Waals surface area contributed by atoms with E-state index in [2.05, 4.69) is 20.3 Å². The summed E-state index contributed by atoms with van der Waals surface area (Å²) in [6.45, 7) is -0.308. The third-order valence-corrected chi connectivity index (χ3v) is 6.87. The molecule has 1 aliphatic rings. The Labute approximate surface area is 229 Å². The van der Waals surface area contributed by atoms with Gasteiger partial charge in [-0.2, -0.15) is 0 Å². The van der Waals surface area contributed by atoms with Gasteiger partial charge < -0.3 is 30.7 Å². The van der Waals surface area contributed by atoms with E-state index in [-0.39, 0.29) is 48.3 Å². The van der Waals surface area contributed by atoms with E-state index in [1.54, 1.807) is 18.2 Å². The van der Waals surface area contributed by atoms with Gasteiger partial charge in [0.2, 0.25) is 5.95 Å². The average molecular weight is 585 g/mol. The molecule has 1 aliphatic heterocycles. The summed E-state index contributed by atoms with van der Waals surface area (Å²) in [7, 11) is 0. The van der Waals surface area contributed by atoms with Crippen LogP contribution in [0.3, 0.4) is 0 Å². The fraction of sp³-hybridized carbons (Fsp3) is 0.292. The summed E-state index contributed by atoms with van der Waals surface area (Å²) in [6, 6.07) is 6.69. The number of nitrogens with zero attached hydrogens (tertiary/aromatic N) is 4. The molecular weight excluding hydrogens is 564 g/mol. The van der Waals surface area contributed by atoms with E-state index in [0.29, 0.717) is 10.0 Å². The van der Waals surface area contributed by atoms with Crippen LogP contribution in [0.1, 0.15) is 17.4 Å². The third-order valence-electron chi connectivity index (χ3n) is 6.13. The van der Waals surface area contributed by atoms with Crippen molar-refractivity contribution >= 4 is 46.1 Å². The summed E-state index contributed by atoms with van der Waals surface area (Å²) in [5, 5.41) is 25.4. The first kappa shape index (κ1) is 27.4. The molecule has 0 saturated carbocycles. The van der Waals surface area contributed by atoms with Gasteiger partial charge in [-0.3, -0.25) is 4.57 Å². The van der Waals surface area contributed by atoms with E-state index in [1.165, 1.54) is 10.9 Å². The van der Waals surface area contributed by atoms with Gasteiger partial charge in [0.1, 0.15) is 24.6 Å². The zero-order chi connectivity index (χ0) is 27.8. The molecule has 5 N–H and O–H groups in total. The van der Waals surface area contributed by atoms with Crippen LogP contribution in [0, 0.1) is 17.5 Å². The van der Waals surface area contributed by atoms with Crippen LogP contribution in [0.15, 0.2) is 36.7 Å². The number of anilines is 2. The lowest BCUT2D eigenvalue weighted by atomic mass is 10.1. The molecule has 1 fully saturated rings. The molecule has 4 atom stereocenters. The quantitative estimate of drug-likeness (QED) is 0.229. The predicted octanol–water partition coefficient (Wildman–Crippen LogP) is 3.58. The van der Waals surface area contributed by atoms with Crippen molar-refractivity contribution in [1.29, 1.82) is 0 Å². The van der Waals surface area contributed by atoms with Crippen molar-refractivity contribution in [3.63, 3.8) is 0 Å². The lowest BCUT2D eigenvalue weighted by Gasteiger charge is -2.20. The maximum Gasteiger partial charge on any atom is 0.207 e. The van der Waals surface area contributed by atoms with Gasteiger partial charge >= 0.3 is 0 Å². The molecule has 3 heterocycles. The van der Waals surface area contributed by atoms with Crippen LogP contribution in [0.4, 0.5) is 24.9 Å². The second-order valence-corrected chi connectivity index (χ2v) is 9.59. The number of hydrogen-bond donors (Lipinski definition) is 4. The van der Waals surface area contributed by atoms with Crippen LogP contribution in [0.2, 0.25) is 10.0 Å². The maximum absolute atomic E-state index is 13.5. The number of ether oxygens (including phenoxy) is 2. The molecule has 0 unspecified atom stereocenters.